The maximum atomic E-state index is 12.3. The van der Waals surface area contributed by atoms with Gasteiger partial charge >= 0.3 is 0 Å². The summed E-state index contributed by atoms with van der Waals surface area (Å²) in [5, 5.41) is 4.25. The zero-order chi connectivity index (χ0) is 12.3. The number of benzene rings is 1. The van der Waals surface area contributed by atoms with Crippen molar-refractivity contribution in [1.82, 2.24) is 9.78 Å². The number of nitrogens with zero attached hydrogens (tertiary/aromatic N) is 2. The van der Waals surface area contributed by atoms with Crippen molar-refractivity contribution in [3.05, 3.63) is 53.3 Å². The van der Waals surface area contributed by atoms with Crippen LogP contribution in [0.1, 0.15) is 35.5 Å². The highest BCUT2D eigenvalue weighted by Crippen LogP contribution is 2.15. The van der Waals surface area contributed by atoms with Gasteiger partial charge in [-0.15, -0.1) is 0 Å². The van der Waals surface area contributed by atoms with Crippen molar-refractivity contribution in [1.29, 1.82) is 0 Å². The van der Waals surface area contributed by atoms with Crippen molar-refractivity contribution in [2.24, 2.45) is 0 Å². The number of carbonyl (C=O) groups is 1. The summed E-state index contributed by atoms with van der Waals surface area (Å²) in [6, 6.07) is 9.34. The average molecular weight is 228 g/mol. The number of hydrogen-bond donors (Lipinski definition) is 0. The van der Waals surface area contributed by atoms with Crippen LogP contribution in [-0.4, -0.2) is 15.6 Å². The Morgan fingerprint density at radius 1 is 1.24 bits per heavy atom. The third kappa shape index (κ3) is 2.13. The Balaban J connectivity index is 2.41. The van der Waals surface area contributed by atoms with Gasteiger partial charge in [-0.2, -0.15) is 5.10 Å². The molecule has 0 bridgehead atoms. The number of aromatic nitrogens is 2. The molecule has 0 saturated carbocycles. The van der Waals surface area contributed by atoms with Crippen LogP contribution in [-0.2, 0) is 13.0 Å². The van der Waals surface area contributed by atoms with Crippen LogP contribution in [0.5, 0.6) is 0 Å². The summed E-state index contributed by atoms with van der Waals surface area (Å²) in [5.41, 5.74) is 2.46. The van der Waals surface area contributed by atoms with Crippen molar-refractivity contribution in [3.8, 4) is 0 Å². The molecule has 0 unspecified atom stereocenters. The lowest BCUT2D eigenvalue weighted by Crippen LogP contribution is -2.07. The molecule has 1 aromatic heterocycles. The fraction of sp³-hybridized carbons (Fsp3) is 0.286. The minimum absolute atomic E-state index is 0.0575. The molecule has 0 radical (unpaired) electrons. The van der Waals surface area contributed by atoms with Gasteiger partial charge in [-0.25, -0.2) is 0 Å². The SMILES string of the molecule is CCc1c(C(=O)c2ccccc2)cnn1CC. The smallest absolute Gasteiger partial charge is 0.196 e. The van der Waals surface area contributed by atoms with E-state index in [1.54, 1.807) is 6.20 Å². The van der Waals surface area contributed by atoms with Gasteiger partial charge in [-0.1, -0.05) is 37.3 Å². The quantitative estimate of drug-likeness (QED) is 0.754. The minimum atomic E-state index is 0.0575. The Morgan fingerprint density at radius 2 is 1.94 bits per heavy atom. The van der Waals surface area contributed by atoms with Gasteiger partial charge in [0.1, 0.15) is 0 Å². The first-order chi connectivity index (χ1) is 8.27. The molecule has 3 heteroatoms. The number of aryl methyl sites for hydroxylation is 1. The maximum Gasteiger partial charge on any atom is 0.196 e. The first-order valence-corrected chi connectivity index (χ1v) is 5.92. The van der Waals surface area contributed by atoms with Crippen molar-refractivity contribution in [3.63, 3.8) is 0 Å². The molecule has 0 fully saturated rings. The highest BCUT2D eigenvalue weighted by molar-refractivity contribution is 6.09. The van der Waals surface area contributed by atoms with E-state index in [0.717, 1.165) is 29.8 Å². The van der Waals surface area contributed by atoms with Crippen molar-refractivity contribution in [2.75, 3.05) is 0 Å². The Bertz CT molecular complexity index is 514. The lowest BCUT2D eigenvalue weighted by atomic mass is 10.0. The molecule has 1 aromatic carbocycles. The molecule has 0 atom stereocenters. The molecule has 2 aromatic rings. The maximum absolute atomic E-state index is 12.3. The van der Waals surface area contributed by atoms with Crippen molar-refractivity contribution >= 4 is 5.78 Å². The first kappa shape index (κ1) is 11.6. The molecule has 17 heavy (non-hydrogen) atoms. The minimum Gasteiger partial charge on any atom is -0.288 e. The molecule has 0 aliphatic rings. The van der Waals surface area contributed by atoms with Crippen LogP contribution in [0.25, 0.3) is 0 Å². The van der Waals surface area contributed by atoms with E-state index in [2.05, 4.69) is 5.10 Å². The number of rotatable bonds is 4. The summed E-state index contributed by atoms with van der Waals surface area (Å²) in [4.78, 5) is 12.3. The molecule has 0 aliphatic heterocycles. The molecule has 0 N–H and O–H groups in total. The summed E-state index contributed by atoms with van der Waals surface area (Å²) in [7, 11) is 0. The lowest BCUT2D eigenvalue weighted by Gasteiger charge is -2.04. The molecule has 0 amide bonds. The molecule has 0 spiro atoms. The van der Waals surface area contributed by atoms with Crippen LogP contribution in [0, 0.1) is 0 Å². The van der Waals surface area contributed by atoms with Gasteiger partial charge < -0.3 is 0 Å². The summed E-state index contributed by atoms with van der Waals surface area (Å²) in [6.07, 6.45) is 2.50. The Morgan fingerprint density at radius 3 is 2.53 bits per heavy atom. The summed E-state index contributed by atoms with van der Waals surface area (Å²) < 4.78 is 1.89. The predicted octanol–water partition coefficient (Wildman–Crippen LogP) is 2.70. The summed E-state index contributed by atoms with van der Waals surface area (Å²) in [5.74, 6) is 0.0575. The van der Waals surface area contributed by atoms with Crippen LogP contribution in [0.2, 0.25) is 0 Å². The van der Waals surface area contributed by atoms with Crippen molar-refractivity contribution < 1.29 is 4.79 Å². The fourth-order valence-corrected chi connectivity index (χ4v) is 1.99. The summed E-state index contributed by atoms with van der Waals surface area (Å²) >= 11 is 0. The number of carbonyl (C=O) groups excluding carboxylic acids is 1. The number of hydrogen-bond acceptors (Lipinski definition) is 2. The summed E-state index contributed by atoms with van der Waals surface area (Å²) in [6.45, 7) is 4.87. The highest BCUT2D eigenvalue weighted by atomic mass is 16.1. The van der Waals surface area contributed by atoms with Gasteiger partial charge in [0.2, 0.25) is 0 Å². The van der Waals surface area contributed by atoms with Gasteiger partial charge in [0, 0.05) is 17.8 Å². The van der Waals surface area contributed by atoms with Crippen LogP contribution in [0.15, 0.2) is 36.5 Å². The monoisotopic (exact) mass is 228 g/mol. The zero-order valence-electron chi connectivity index (χ0n) is 10.2. The molecule has 3 nitrogen and oxygen atoms in total. The molecular formula is C14H16N2O. The van der Waals surface area contributed by atoms with Crippen LogP contribution >= 0.6 is 0 Å². The standard InChI is InChI=1S/C14H16N2O/c1-3-13-12(10-15-16(13)4-2)14(17)11-8-6-5-7-9-11/h5-10H,3-4H2,1-2H3. The van der Waals surface area contributed by atoms with Gasteiger partial charge in [0.25, 0.3) is 0 Å². The van der Waals surface area contributed by atoms with Gasteiger partial charge in [0.15, 0.2) is 5.78 Å². The Labute approximate surface area is 101 Å². The average Bonchev–Trinajstić information content (AvgIpc) is 2.81. The van der Waals surface area contributed by atoms with Gasteiger partial charge in [0.05, 0.1) is 11.8 Å². The highest BCUT2D eigenvalue weighted by Gasteiger charge is 2.16. The molecular weight excluding hydrogens is 212 g/mol. The lowest BCUT2D eigenvalue weighted by molar-refractivity contribution is 0.103. The number of ketones is 1. The van der Waals surface area contributed by atoms with E-state index in [1.807, 2.05) is 48.9 Å². The van der Waals surface area contributed by atoms with E-state index < -0.39 is 0 Å². The zero-order valence-corrected chi connectivity index (χ0v) is 10.2. The Hall–Kier alpha value is -1.90. The van der Waals surface area contributed by atoms with Crippen LogP contribution in [0.4, 0.5) is 0 Å². The van der Waals surface area contributed by atoms with E-state index in [9.17, 15) is 4.79 Å². The van der Waals surface area contributed by atoms with Gasteiger partial charge in [-0.05, 0) is 13.3 Å². The van der Waals surface area contributed by atoms with Crippen LogP contribution in [0.3, 0.4) is 0 Å². The first-order valence-electron chi connectivity index (χ1n) is 5.92. The van der Waals surface area contributed by atoms with E-state index >= 15 is 0 Å². The van der Waals surface area contributed by atoms with E-state index in [4.69, 9.17) is 0 Å². The van der Waals surface area contributed by atoms with E-state index in [0.29, 0.717) is 0 Å². The molecule has 88 valence electrons. The molecule has 0 aliphatic carbocycles. The topological polar surface area (TPSA) is 34.9 Å². The fourth-order valence-electron chi connectivity index (χ4n) is 1.99. The van der Waals surface area contributed by atoms with Crippen LogP contribution < -0.4 is 0 Å². The predicted molar refractivity (Wildman–Crippen MR) is 67.2 cm³/mol. The third-order valence-corrected chi connectivity index (χ3v) is 2.86. The second-order valence-electron chi connectivity index (χ2n) is 3.87. The van der Waals surface area contributed by atoms with E-state index in [1.165, 1.54) is 0 Å². The molecule has 1 heterocycles. The van der Waals surface area contributed by atoms with E-state index in [-0.39, 0.29) is 5.78 Å². The second-order valence-corrected chi connectivity index (χ2v) is 3.87. The third-order valence-electron chi connectivity index (χ3n) is 2.86. The van der Waals surface area contributed by atoms with Gasteiger partial charge in [-0.3, -0.25) is 9.48 Å². The Kier molecular flexibility index (Phi) is 3.38. The normalized spacial score (nSPS) is 10.5. The second kappa shape index (κ2) is 4.95. The largest absolute Gasteiger partial charge is 0.288 e. The van der Waals surface area contributed by atoms with Crippen molar-refractivity contribution in [2.45, 2.75) is 26.8 Å². The molecule has 0 saturated heterocycles. The molecule has 2 rings (SSSR count).